The van der Waals surface area contributed by atoms with Gasteiger partial charge in [-0.2, -0.15) is 0 Å². The van der Waals surface area contributed by atoms with E-state index in [0.29, 0.717) is 4.47 Å². The van der Waals surface area contributed by atoms with E-state index in [1.54, 1.807) is 22.7 Å². The zero-order valence-electron chi connectivity index (χ0n) is 11.7. The van der Waals surface area contributed by atoms with Crippen LogP contribution in [0.3, 0.4) is 0 Å². The van der Waals surface area contributed by atoms with Crippen LogP contribution in [0.5, 0.6) is 0 Å². The molecule has 1 aliphatic rings. The molecule has 22 heavy (non-hydrogen) atoms. The summed E-state index contributed by atoms with van der Waals surface area (Å²) in [5.74, 6) is 0.844. The standard InChI is InChI=1S/C15H13ClN4S2/c16-15-18-7-11(22-15)9-20-4-3-12-10(8-20)6-17-14(19-12)13-2-1-5-21-13/h1-2,5-7H,3-4,8-9H2. The Balaban J connectivity index is 1.52. The molecular formula is C15H13ClN4S2. The highest BCUT2D eigenvalue weighted by atomic mass is 35.5. The molecular weight excluding hydrogens is 336 g/mol. The molecule has 0 N–H and O–H groups in total. The molecule has 0 aliphatic carbocycles. The molecule has 0 aromatic carbocycles. The van der Waals surface area contributed by atoms with Gasteiger partial charge in [0, 0.05) is 48.9 Å². The first kappa shape index (κ1) is 14.3. The number of thiophene rings is 1. The maximum absolute atomic E-state index is 5.90. The third kappa shape index (κ3) is 2.92. The monoisotopic (exact) mass is 348 g/mol. The van der Waals surface area contributed by atoms with Gasteiger partial charge in [0.1, 0.15) is 0 Å². The van der Waals surface area contributed by atoms with Crippen LogP contribution in [0, 0.1) is 0 Å². The average Bonchev–Trinajstić information content (AvgIpc) is 3.19. The third-order valence-corrected chi connectivity index (χ3v) is 5.62. The topological polar surface area (TPSA) is 41.9 Å². The largest absolute Gasteiger partial charge is 0.293 e. The van der Waals surface area contributed by atoms with Crippen molar-refractivity contribution in [1.82, 2.24) is 19.9 Å². The van der Waals surface area contributed by atoms with E-state index in [-0.39, 0.29) is 0 Å². The van der Waals surface area contributed by atoms with Crippen LogP contribution in [-0.4, -0.2) is 26.4 Å². The number of nitrogens with zero attached hydrogens (tertiary/aromatic N) is 4. The van der Waals surface area contributed by atoms with Gasteiger partial charge in [-0.25, -0.2) is 15.0 Å². The van der Waals surface area contributed by atoms with Gasteiger partial charge in [-0.1, -0.05) is 17.7 Å². The van der Waals surface area contributed by atoms with Gasteiger partial charge in [-0.3, -0.25) is 4.90 Å². The molecule has 4 rings (SSSR count). The second kappa shape index (κ2) is 6.04. The molecule has 4 nitrogen and oxygen atoms in total. The Morgan fingerprint density at radius 2 is 2.23 bits per heavy atom. The van der Waals surface area contributed by atoms with E-state index in [9.17, 15) is 0 Å². The first-order valence-electron chi connectivity index (χ1n) is 6.99. The first-order chi connectivity index (χ1) is 10.8. The molecule has 0 fully saturated rings. The fourth-order valence-corrected chi connectivity index (χ4v) is 4.30. The van der Waals surface area contributed by atoms with Crippen molar-refractivity contribution in [3.8, 4) is 10.7 Å². The van der Waals surface area contributed by atoms with E-state index in [1.807, 2.05) is 18.5 Å². The smallest absolute Gasteiger partial charge is 0.183 e. The summed E-state index contributed by atoms with van der Waals surface area (Å²) in [5.41, 5.74) is 2.40. The summed E-state index contributed by atoms with van der Waals surface area (Å²) in [6, 6.07) is 4.10. The van der Waals surface area contributed by atoms with Crippen LogP contribution >= 0.6 is 34.3 Å². The molecule has 3 aromatic rings. The van der Waals surface area contributed by atoms with Crippen LogP contribution in [0.2, 0.25) is 4.47 Å². The molecule has 0 saturated carbocycles. The van der Waals surface area contributed by atoms with Crippen molar-refractivity contribution in [3.63, 3.8) is 0 Å². The lowest BCUT2D eigenvalue weighted by Gasteiger charge is -2.27. The zero-order chi connectivity index (χ0) is 14.9. The highest BCUT2D eigenvalue weighted by molar-refractivity contribution is 7.15. The number of hydrogen-bond acceptors (Lipinski definition) is 6. The second-order valence-corrected chi connectivity index (χ2v) is 7.83. The van der Waals surface area contributed by atoms with Gasteiger partial charge >= 0.3 is 0 Å². The van der Waals surface area contributed by atoms with Gasteiger partial charge in [0.2, 0.25) is 0 Å². The first-order valence-corrected chi connectivity index (χ1v) is 9.06. The minimum absolute atomic E-state index is 0.608. The summed E-state index contributed by atoms with van der Waals surface area (Å²) in [4.78, 5) is 18.1. The number of aromatic nitrogens is 3. The van der Waals surface area contributed by atoms with Crippen LogP contribution < -0.4 is 0 Å². The van der Waals surface area contributed by atoms with Crippen LogP contribution in [0.4, 0.5) is 0 Å². The van der Waals surface area contributed by atoms with Gasteiger partial charge < -0.3 is 0 Å². The Morgan fingerprint density at radius 1 is 1.27 bits per heavy atom. The van der Waals surface area contributed by atoms with Crippen LogP contribution in [-0.2, 0) is 19.5 Å². The van der Waals surface area contributed by atoms with Crippen molar-refractivity contribution in [3.05, 3.63) is 50.5 Å². The summed E-state index contributed by atoms with van der Waals surface area (Å²) in [7, 11) is 0. The Morgan fingerprint density at radius 3 is 3.00 bits per heavy atom. The Labute approximate surface area is 141 Å². The quantitative estimate of drug-likeness (QED) is 0.720. The van der Waals surface area contributed by atoms with Crippen molar-refractivity contribution in [2.24, 2.45) is 0 Å². The number of fused-ring (bicyclic) bond motifs is 1. The van der Waals surface area contributed by atoms with Crippen molar-refractivity contribution in [2.75, 3.05) is 6.54 Å². The highest BCUT2D eigenvalue weighted by Crippen LogP contribution is 2.26. The SMILES string of the molecule is Clc1ncc(CN2CCc3nc(-c4cccs4)ncc3C2)s1. The highest BCUT2D eigenvalue weighted by Gasteiger charge is 2.19. The van der Waals surface area contributed by atoms with Gasteiger partial charge in [0.15, 0.2) is 10.3 Å². The maximum Gasteiger partial charge on any atom is 0.183 e. The third-order valence-electron chi connectivity index (χ3n) is 3.66. The summed E-state index contributed by atoms with van der Waals surface area (Å²) in [6.07, 6.45) is 4.80. The maximum atomic E-state index is 5.90. The van der Waals surface area contributed by atoms with Gasteiger partial charge in [-0.05, 0) is 11.4 Å². The molecule has 0 saturated heterocycles. The summed E-state index contributed by atoms with van der Waals surface area (Å²) < 4.78 is 0.608. The molecule has 0 bridgehead atoms. The van der Waals surface area contributed by atoms with Gasteiger partial charge in [-0.15, -0.1) is 22.7 Å². The zero-order valence-corrected chi connectivity index (χ0v) is 14.1. The van der Waals surface area contributed by atoms with Crippen molar-refractivity contribution >= 4 is 34.3 Å². The lowest BCUT2D eigenvalue weighted by atomic mass is 10.1. The summed E-state index contributed by atoms with van der Waals surface area (Å²) >= 11 is 9.12. The Kier molecular flexibility index (Phi) is 3.92. The van der Waals surface area contributed by atoms with Crippen LogP contribution in [0.25, 0.3) is 10.7 Å². The fourth-order valence-electron chi connectivity index (χ4n) is 2.61. The normalized spacial score (nSPS) is 15.0. The summed E-state index contributed by atoms with van der Waals surface area (Å²) in [5, 5.41) is 2.06. The molecule has 0 radical (unpaired) electrons. The van der Waals surface area contributed by atoms with Crippen molar-refractivity contribution in [1.29, 1.82) is 0 Å². The average molecular weight is 349 g/mol. The minimum Gasteiger partial charge on any atom is -0.293 e. The van der Waals surface area contributed by atoms with E-state index in [4.69, 9.17) is 16.6 Å². The molecule has 0 amide bonds. The number of thiazole rings is 1. The van der Waals surface area contributed by atoms with E-state index < -0.39 is 0 Å². The lowest BCUT2D eigenvalue weighted by Crippen LogP contribution is -2.30. The van der Waals surface area contributed by atoms with Crippen molar-refractivity contribution in [2.45, 2.75) is 19.5 Å². The van der Waals surface area contributed by atoms with Crippen LogP contribution in [0.1, 0.15) is 16.1 Å². The predicted octanol–water partition coefficient (Wildman–Crippen LogP) is 3.87. The van der Waals surface area contributed by atoms with Crippen LogP contribution in [0.15, 0.2) is 29.9 Å². The van der Waals surface area contributed by atoms with E-state index >= 15 is 0 Å². The molecule has 1 aliphatic heterocycles. The number of hydrogen-bond donors (Lipinski definition) is 0. The number of halogens is 1. The fraction of sp³-hybridized carbons (Fsp3) is 0.267. The van der Waals surface area contributed by atoms with E-state index in [0.717, 1.165) is 36.8 Å². The molecule has 3 aromatic heterocycles. The van der Waals surface area contributed by atoms with E-state index in [2.05, 4.69) is 26.3 Å². The molecule has 112 valence electrons. The van der Waals surface area contributed by atoms with Gasteiger partial charge in [0.05, 0.1) is 10.6 Å². The Hall–Kier alpha value is -1.34. The van der Waals surface area contributed by atoms with Crippen molar-refractivity contribution < 1.29 is 0 Å². The predicted molar refractivity (Wildman–Crippen MR) is 90.3 cm³/mol. The Bertz CT molecular complexity index is 785. The molecule has 7 heteroatoms. The lowest BCUT2D eigenvalue weighted by molar-refractivity contribution is 0.245. The molecule has 4 heterocycles. The molecule has 0 atom stereocenters. The minimum atomic E-state index is 0.608. The number of rotatable bonds is 3. The van der Waals surface area contributed by atoms with E-state index in [1.165, 1.54) is 16.1 Å². The summed E-state index contributed by atoms with van der Waals surface area (Å²) in [6.45, 7) is 2.77. The molecule has 0 unspecified atom stereocenters. The molecule has 0 spiro atoms. The second-order valence-electron chi connectivity index (χ2n) is 5.18. The van der Waals surface area contributed by atoms with Gasteiger partial charge in [0.25, 0.3) is 0 Å².